The number of anilines is 1. The number of carboxylic acids is 1. The van der Waals surface area contributed by atoms with Crippen molar-refractivity contribution in [3.8, 4) is 0 Å². The number of hydrogen-bond acceptors (Lipinski definition) is 3. The van der Waals surface area contributed by atoms with Crippen molar-refractivity contribution in [2.24, 2.45) is 0 Å². The van der Waals surface area contributed by atoms with Gasteiger partial charge in [0.15, 0.2) is 0 Å². The second-order valence-electron chi connectivity index (χ2n) is 4.76. The molecule has 0 aliphatic carbocycles. The predicted molar refractivity (Wildman–Crippen MR) is 92.9 cm³/mol. The number of carboxylic acid groups (broad SMARTS) is 1. The molecule has 1 unspecified atom stereocenters. The molecule has 0 saturated carbocycles. The largest absolute Gasteiger partial charge is 0.478 e. The molecule has 0 aromatic heterocycles. The fraction of sp³-hybridized carbons (Fsp3) is 0.125. The van der Waals surface area contributed by atoms with E-state index in [1.54, 1.807) is 30.3 Å². The van der Waals surface area contributed by atoms with Gasteiger partial charge < -0.3 is 10.4 Å². The lowest BCUT2D eigenvalue weighted by Gasteiger charge is -2.07. The molecule has 2 aromatic carbocycles. The topological polar surface area (TPSA) is 83.5 Å². The first-order valence-corrected chi connectivity index (χ1v) is 8.95. The maximum Gasteiger partial charge on any atom is 0.335 e. The van der Waals surface area contributed by atoms with E-state index in [4.69, 9.17) is 5.11 Å². The Bertz CT molecular complexity index is 746. The standard InChI is InChI=1S/C16H14BrNO4S/c17-13-3-1-2-4-14(13)18-15(19)10-23(22)9-11-5-7-12(8-6-11)16(20)21/h1-8H,9-10H2,(H,18,19)(H,20,21). The Balaban J connectivity index is 1.90. The lowest BCUT2D eigenvalue weighted by molar-refractivity contribution is -0.113. The van der Waals surface area contributed by atoms with E-state index < -0.39 is 16.8 Å². The number of amides is 1. The van der Waals surface area contributed by atoms with Crippen LogP contribution < -0.4 is 5.32 Å². The minimum atomic E-state index is -1.37. The summed E-state index contributed by atoms with van der Waals surface area (Å²) in [5.41, 5.74) is 1.52. The Kier molecular flexibility index (Phi) is 6.06. The van der Waals surface area contributed by atoms with Crippen molar-refractivity contribution < 1.29 is 18.9 Å². The Morgan fingerprint density at radius 3 is 2.35 bits per heavy atom. The van der Waals surface area contributed by atoms with Gasteiger partial charge in [0.1, 0.15) is 5.75 Å². The van der Waals surface area contributed by atoms with Gasteiger partial charge in [-0.15, -0.1) is 0 Å². The van der Waals surface area contributed by atoms with Gasteiger partial charge in [0.2, 0.25) is 5.91 Å². The van der Waals surface area contributed by atoms with Crippen LogP contribution in [-0.2, 0) is 21.3 Å². The highest BCUT2D eigenvalue weighted by Gasteiger charge is 2.11. The average molecular weight is 396 g/mol. The molecule has 0 saturated heterocycles. The molecule has 23 heavy (non-hydrogen) atoms. The second kappa shape index (κ2) is 8.03. The first kappa shape index (κ1) is 17.4. The highest BCUT2D eigenvalue weighted by molar-refractivity contribution is 9.10. The first-order valence-electron chi connectivity index (χ1n) is 6.67. The lowest BCUT2D eigenvalue weighted by Crippen LogP contribution is -2.20. The molecule has 0 fully saturated rings. The van der Waals surface area contributed by atoms with Gasteiger partial charge in [-0.3, -0.25) is 9.00 Å². The molecule has 2 N–H and O–H groups in total. The Hall–Kier alpha value is -1.99. The van der Waals surface area contributed by atoms with Crippen molar-refractivity contribution in [2.45, 2.75) is 5.75 Å². The number of nitrogens with one attached hydrogen (secondary N) is 1. The van der Waals surface area contributed by atoms with Crippen LogP contribution in [-0.4, -0.2) is 26.9 Å². The summed E-state index contributed by atoms with van der Waals surface area (Å²) in [6.45, 7) is 0. The van der Waals surface area contributed by atoms with Crippen LogP contribution in [0.25, 0.3) is 0 Å². The number of rotatable bonds is 6. The van der Waals surface area contributed by atoms with Gasteiger partial charge in [0.05, 0.1) is 11.3 Å². The van der Waals surface area contributed by atoms with E-state index >= 15 is 0 Å². The van der Waals surface area contributed by atoms with Crippen LogP contribution >= 0.6 is 15.9 Å². The van der Waals surface area contributed by atoms with E-state index in [1.807, 2.05) is 6.07 Å². The molecule has 7 heteroatoms. The quantitative estimate of drug-likeness (QED) is 0.786. The third-order valence-electron chi connectivity index (χ3n) is 2.97. The van der Waals surface area contributed by atoms with Crippen LogP contribution in [0.2, 0.25) is 0 Å². The fourth-order valence-corrected chi connectivity index (χ4v) is 3.29. The summed E-state index contributed by atoms with van der Waals surface area (Å²) < 4.78 is 12.8. The van der Waals surface area contributed by atoms with Gasteiger partial charge in [-0.25, -0.2) is 4.79 Å². The smallest absolute Gasteiger partial charge is 0.335 e. The number of hydrogen-bond donors (Lipinski definition) is 2. The van der Waals surface area contributed by atoms with Gasteiger partial charge in [-0.2, -0.15) is 0 Å². The van der Waals surface area contributed by atoms with Gasteiger partial charge in [0, 0.05) is 21.0 Å². The van der Waals surface area contributed by atoms with Crippen LogP contribution in [0.15, 0.2) is 53.0 Å². The molecule has 0 spiro atoms. The Morgan fingerprint density at radius 2 is 1.74 bits per heavy atom. The van der Waals surface area contributed by atoms with E-state index in [0.717, 1.165) is 10.0 Å². The number of halogens is 1. The molecule has 2 aromatic rings. The predicted octanol–water partition coefficient (Wildman–Crippen LogP) is 3.03. The number of para-hydroxylation sites is 1. The molecule has 0 heterocycles. The average Bonchev–Trinajstić information content (AvgIpc) is 2.50. The minimum absolute atomic E-state index is 0.123. The van der Waals surface area contributed by atoms with E-state index in [2.05, 4.69) is 21.2 Å². The number of aromatic carboxylic acids is 1. The summed E-state index contributed by atoms with van der Waals surface area (Å²) in [4.78, 5) is 22.7. The van der Waals surface area contributed by atoms with Crippen LogP contribution in [0, 0.1) is 0 Å². The van der Waals surface area contributed by atoms with E-state index in [-0.39, 0.29) is 23.0 Å². The van der Waals surface area contributed by atoms with Crippen molar-refractivity contribution in [3.63, 3.8) is 0 Å². The van der Waals surface area contributed by atoms with Crippen molar-refractivity contribution in [1.82, 2.24) is 0 Å². The summed E-state index contributed by atoms with van der Waals surface area (Å²) in [5.74, 6) is -1.27. The normalized spacial score (nSPS) is 11.7. The summed E-state index contributed by atoms with van der Waals surface area (Å²) in [6.07, 6.45) is 0. The SMILES string of the molecule is O=C(CS(=O)Cc1ccc(C(=O)O)cc1)Nc1ccccc1Br. The Morgan fingerprint density at radius 1 is 1.09 bits per heavy atom. The van der Waals surface area contributed by atoms with Crippen molar-refractivity contribution in [3.05, 3.63) is 64.1 Å². The van der Waals surface area contributed by atoms with Crippen molar-refractivity contribution in [1.29, 1.82) is 0 Å². The molecule has 1 amide bonds. The molecule has 0 bridgehead atoms. The summed E-state index contributed by atoms with van der Waals surface area (Å²) in [7, 11) is -1.37. The molecule has 0 aliphatic rings. The number of carbonyl (C=O) groups excluding carboxylic acids is 1. The van der Waals surface area contributed by atoms with E-state index in [0.29, 0.717) is 5.69 Å². The van der Waals surface area contributed by atoms with Gasteiger partial charge in [0.25, 0.3) is 0 Å². The van der Waals surface area contributed by atoms with Crippen molar-refractivity contribution >= 4 is 44.3 Å². The Labute approximate surface area is 144 Å². The van der Waals surface area contributed by atoms with Crippen LogP contribution in [0.5, 0.6) is 0 Å². The third-order valence-corrected chi connectivity index (χ3v) is 4.90. The van der Waals surface area contributed by atoms with Crippen LogP contribution in [0.4, 0.5) is 5.69 Å². The summed E-state index contributed by atoms with van der Waals surface area (Å²) in [5, 5.41) is 11.5. The summed E-state index contributed by atoms with van der Waals surface area (Å²) >= 11 is 3.32. The molecular weight excluding hydrogens is 382 g/mol. The third kappa shape index (κ3) is 5.30. The molecule has 0 radical (unpaired) electrons. The van der Waals surface area contributed by atoms with E-state index in [1.165, 1.54) is 12.1 Å². The number of benzene rings is 2. The molecule has 1 atom stereocenters. The van der Waals surface area contributed by atoms with E-state index in [9.17, 15) is 13.8 Å². The highest BCUT2D eigenvalue weighted by atomic mass is 79.9. The molecule has 2 rings (SSSR count). The monoisotopic (exact) mass is 395 g/mol. The maximum absolute atomic E-state index is 12.0. The maximum atomic E-state index is 12.0. The zero-order valence-corrected chi connectivity index (χ0v) is 14.4. The van der Waals surface area contributed by atoms with Crippen molar-refractivity contribution in [2.75, 3.05) is 11.1 Å². The van der Waals surface area contributed by atoms with Gasteiger partial charge in [-0.1, -0.05) is 24.3 Å². The zero-order chi connectivity index (χ0) is 16.8. The van der Waals surface area contributed by atoms with Gasteiger partial charge in [-0.05, 0) is 45.8 Å². The summed E-state index contributed by atoms with van der Waals surface area (Å²) in [6, 6.07) is 13.3. The van der Waals surface area contributed by atoms with Crippen LogP contribution in [0.1, 0.15) is 15.9 Å². The molecular formula is C16H14BrNO4S. The first-order chi connectivity index (χ1) is 11.0. The van der Waals surface area contributed by atoms with Gasteiger partial charge >= 0.3 is 5.97 Å². The molecule has 0 aliphatic heterocycles. The minimum Gasteiger partial charge on any atom is -0.478 e. The highest BCUT2D eigenvalue weighted by Crippen LogP contribution is 2.21. The van der Waals surface area contributed by atoms with Crippen LogP contribution in [0.3, 0.4) is 0 Å². The number of carbonyl (C=O) groups is 2. The second-order valence-corrected chi connectivity index (χ2v) is 7.07. The fourth-order valence-electron chi connectivity index (χ4n) is 1.88. The lowest BCUT2D eigenvalue weighted by atomic mass is 10.1. The molecule has 5 nitrogen and oxygen atoms in total. The zero-order valence-electron chi connectivity index (χ0n) is 12.0. The molecule has 120 valence electrons.